The third kappa shape index (κ3) is 5.75. The molecule has 0 aromatic heterocycles. The van der Waals surface area contributed by atoms with Crippen LogP contribution in [0.4, 0.5) is 4.39 Å². The zero-order chi connectivity index (χ0) is 20.8. The van der Waals surface area contributed by atoms with Gasteiger partial charge in [-0.05, 0) is 30.7 Å². The molecule has 1 N–H and O–H groups in total. The molecule has 0 saturated carbocycles. The first-order valence-corrected chi connectivity index (χ1v) is 9.62. The Balaban J connectivity index is 0.00000320. The maximum Gasteiger partial charge on any atom is 0.194 e. The molecule has 30 heavy (non-hydrogen) atoms. The number of morpholine rings is 1. The summed E-state index contributed by atoms with van der Waals surface area (Å²) in [7, 11) is 5.02. The smallest absolute Gasteiger partial charge is 0.194 e. The first-order valence-electron chi connectivity index (χ1n) is 9.62. The van der Waals surface area contributed by atoms with Crippen LogP contribution in [0, 0.1) is 5.82 Å². The van der Waals surface area contributed by atoms with E-state index in [4.69, 9.17) is 14.2 Å². The third-order valence-corrected chi connectivity index (χ3v) is 4.93. The molecular weight excluding hydrogens is 500 g/mol. The van der Waals surface area contributed by atoms with Crippen LogP contribution in [-0.4, -0.2) is 51.3 Å². The van der Waals surface area contributed by atoms with Crippen LogP contribution >= 0.6 is 24.0 Å². The van der Waals surface area contributed by atoms with E-state index >= 15 is 0 Å². The lowest BCUT2D eigenvalue weighted by molar-refractivity contribution is -0.0605. The Bertz CT molecular complexity index is 848. The number of rotatable bonds is 5. The van der Waals surface area contributed by atoms with Crippen molar-refractivity contribution in [2.75, 3.05) is 34.4 Å². The minimum absolute atomic E-state index is 0. The van der Waals surface area contributed by atoms with Gasteiger partial charge in [0, 0.05) is 25.7 Å². The van der Waals surface area contributed by atoms with Crippen LogP contribution in [0.15, 0.2) is 47.5 Å². The van der Waals surface area contributed by atoms with Crippen LogP contribution in [0.2, 0.25) is 0 Å². The lowest BCUT2D eigenvalue weighted by Crippen LogP contribution is -2.50. The maximum atomic E-state index is 13.3. The minimum Gasteiger partial charge on any atom is -0.493 e. The van der Waals surface area contributed by atoms with Gasteiger partial charge < -0.3 is 24.4 Å². The van der Waals surface area contributed by atoms with Gasteiger partial charge in [-0.2, -0.15) is 0 Å². The van der Waals surface area contributed by atoms with Gasteiger partial charge in [-0.15, -0.1) is 24.0 Å². The zero-order valence-electron chi connectivity index (χ0n) is 17.7. The van der Waals surface area contributed by atoms with Crippen LogP contribution < -0.4 is 14.8 Å². The normalized spacial score (nSPS) is 19.1. The number of nitrogens with zero attached hydrogens (tertiary/aromatic N) is 2. The summed E-state index contributed by atoms with van der Waals surface area (Å²) in [5.41, 5.74) is 1.93. The highest BCUT2D eigenvalue weighted by atomic mass is 127. The number of aliphatic imine (C=N–C) groups is 1. The van der Waals surface area contributed by atoms with E-state index in [1.807, 2.05) is 25.1 Å². The number of benzene rings is 2. The zero-order valence-corrected chi connectivity index (χ0v) is 20.1. The standard InChI is InChI=1S/C22H28FN3O3.HI/c1-15-13-26(14-20(29-15)16-8-10-18(23)11-9-16)22(24-2)25-12-17-6-5-7-19(27-3)21(17)28-4;/h5-11,15,20H,12-14H2,1-4H3,(H,24,25);1H. The summed E-state index contributed by atoms with van der Waals surface area (Å²) in [4.78, 5) is 6.61. The molecule has 164 valence electrons. The maximum absolute atomic E-state index is 13.3. The van der Waals surface area contributed by atoms with E-state index in [0.717, 1.165) is 17.1 Å². The van der Waals surface area contributed by atoms with Gasteiger partial charge >= 0.3 is 0 Å². The summed E-state index contributed by atoms with van der Waals surface area (Å²) < 4.78 is 30.2. The van der Waals surface area contributed by atoms with E-state index in [-0.39, 0.29) is 42.0 Å². The lowest BCUT2D eigenvalue weighted by Gasteiger charge is -2.38. The molecular formula is C22H29FIN3O3. The molecule has 2 atom stereocenters. The second kappa shape index (κ2) is 11.4. The van der Waals surface area contributed by atoms with Crippen molar-refractivity contribution >= 4 is 29.9 Å². The highest BCUT2D eigenvalue weighted by Gasteiger charge is 2.28. The van der Waals surface area contributed by atoms with Gasteiger partial charge in [-0.1, -0.05) is 24.3 Å². The van der Waals surface area contributed by atoms with Gasteiger partial charge in [-0.25, -0.2) is 4.39 Å². The second-order valence-electron chi connectivity index (χ2n) is 6.95. The molecule has 0 amide bonds. The molecule has 8 heteroatoms. The molecule has 0 radical (unpaired) electrons. The van der Waals surface area contributed by atoms with E-state index < -0.39 is 0 Å². The number of para-hydroxylation sites is 1. The molecule has 2 aromatic rings. The van der Waals surface area contributed by atoms with Gasteiger partial charge in [0.1, 0.15) is 11.9 Å². The summed E-state index contributed by atoms with van der Waals surface area (Å²) >= 11 is 0. The number of nitrogens with one attached hydrogen (secondary N) is 1. The quantitative estimate of drug-likeness (QED) is 0.361. The van der Waals surface area contributed by atoms with Gasteiger partial charge in [-0.3, -0.25) is 4.99 Å². The number of hydrogen-bond donors (Lipinski definition) is 1. The molecule has 1 saturated heterocycles. The molecule has 1 heterocycles. The fourth-order valence-corrected chi connectivity index (χ4v) is 3.59. The minimum atomic E-state index is -0.251. The Labute approximate surface area is 194 Å². The molecule has 6 nitrogen and oxygen atoms in total. The first kappa shape index (κ1) is 24.2. The van der Waals surface area contributed by atoms with Crippen LogP contribution in [0.1, 0.15) is 24.2 Å². The van der Waals surface area contributed by atoms with Crippen molar-refractivity contribution in [1.82, 2.24) is 10.2 Å². The van der Waals surface area contributed by atoms with Gasteiger partial charge in [0.15, 0.2) is 17.5 Å². The fraction of sp³-hybridized carbons (Fsp3) is 0.409. The molecule has 0 aliphatic carbocycles. The third-order valence-electron chi connectivity index (χ3n) is 4.93. The highest BCUT2D eigenvalue weighted by molar-refractivity contribution is 14.0. The monoisotopic (exact) mass is 529 g/mol. The van der Waals surface area contributed by atoms with E-state index in [2.05, 4.69) is 15.2 Å². The van der Waals surface area contributed by atoms with Gasteiger partial charge in [0.25, 0.3) is 0 Å². The molecule has 2 unspecified atom stereocenters. The number of halogens is 2. The number of hydrogen-bond acceptors (Lipinski definition) is 4. The average Bonchev–Trinajstić information content (AvgIpc) is 2.74. The number of guanidine groups is 1. The van der Waals surface area contributed by atoms with Crippen molar-refractivity contribution in [2.24, 2.45) is 4.99 Å². The van der Waals surface area contributed by atoms with Crippen molar-refractivity contribution in [1.29, 1.82) is 0 Å². The molecule has 0 bridgehead atoms. The Morgan fingerprint density at radius 1 is 1.17 bits per heavy atom. The van der Waals surface area contributed by atoms with Crippen molar-refractivity contribution in [2.45, 2.75) is 25.7 Å². The van der Waals surface area contributed by atoms with Crippen LogP contribution in [0.5, 0.6) is 11.5 Å². The van der Waals surface area contributed by atoms with Crippen LogP contribution in [-0.2, 0) is 11.3 Å². The Morgan fingerprint density at radius 3 is 2.53 bits per heavy atom. The van der Waals surface area contributed by atoms with Crippen LogP contribution in [0.3, 0.4) is 0 Å². The molecule has 1 aliphatic heterocycles. The molecule has 0 spiro atoms. The van der Waals surface area contributed by atoms with E-state index in [1.54, 1.807) is 33.4 Å². The summed E-state index contributed by atoms with van der Waals surface area (Å²) in [5, 5.41) is 3.41. The highest BCUT2D eigenvalue weighted by Crippen LogP contribution is 2.31. The predicted octanol–water partition coefficient (Wildman–Crippen LogP) is 4.00. The molecule has 2 aromatic carbocycles. The van der Waals surface area contributed by atoms with Gasteiger partial charge in [0.05, 0.1) is 26.9 Å². The Kier molecular flexibility index (Phi) is 9.16. The Hall–Kier alpha value is -2.07. The largest absolute Gasteiger partial charge is 0.493 e. The van der Waals surface area contributed by atoms with E-state index in [9.17, 15) is 4.39 Å². The summed E-state index contributed by atoms with van der Waals surface area (Å²) in [5.74, 6) is 1.92. The fourth-order valence-electron chi connectivity index (χ4n) is 3.59. The SMILES string of the molecule is CN=C(NCc1cccc(OC)c1OC)N1CC(C)OC(c2ccc(F)cc2)C1.I. The topological polar surface area (TPSA) is 55.3 Å². The van der Waals surface area contributed by atoms with Crippen molar-refractivity contribution in [3.63, 3.8) is 0 Å². The first-order chi connectivity index (χ1) is 14.0. The molecule has 1 aliphatic rings. The number of ether oxygens (including phenoxy) is 3. The van der Waals surface area contributed by atoms with Crippen molar-refractivity contribution < 1.29 is 18.6 Å². The summed E-state index contributed by atoms with van der Waals surface area (Å²) in [6, 6.07) is 12.3. The van der Waals surface area contributed by atoms with Gasteiger partial charge in [0.2, 0.25) is 0 Å². The average molecular weight is 529 g/mol. The molecule has 1 fully saturated rings. The lowest BCUT2D eigenvalue weighted by atomic mass is 10.1. The summed E-state index contributed by atoms with van der Waals surface area (Å²) in [6.45, 7) is 3.92. The number of methoxy groups -OCH3 is 2. The van der Waals surface area contributed by atoms with Crippen LogP contribution in [0.25, 0.3) is 0 Å². The van der Waals surface area contributed by atoms with E-state index in [0.29, 0.717) is 31.1 Å². The molecule has 3 rings (SSSR count). The predicted molar refractivity (Wildman–Crippen MR) is 126 cm³/mol. The van der Waals surface area contributed by atoms with E-state index in [1.165, 1.54) is 12.1 Å². The summed E-state index contributed by atoms with van der Waals surface area (Å²) in [6.07, 6.45) is -0.132. The Morgan fingerprint density at radius 2 is 1.90 bits per heavy atom. The second-order valence-corrected chi connectivity index (χ2v) is 6.95. The van der Waals surface area contributed by atoms with Crippen molar-refractivity contribution in [3.8, 4) is 11.5 Å². The van der Waals surface area contributed by atoms with Crippen molar-refractivity contribution in [3.05, 3.63) is 59.4 Å².